The van der Waals surface area contributed by atoms with Gasteiger partial charge in [0, 0.05) is 49.1 Å². The Balaban J connectivity index is -0.000000150. The van der Waals surface area contributed by atoms with Gasteiger partial charge in [-0.15, -0.1) is 0 Å². The first-order valence-electron chi connectivity index (χ1n) is 20.1. The second-order valence-corrected chi connectivity index (χ2v) is 15.2. The molecule has 0 saturated carbocycles. The summed E-state index contributed by atoms with van der Waals surface area (Å²) in [6, 6.07) is 14.3. The Morgan fingerprint density at radius 3 is 0.585 bits per heavy atom. The van der Waals surface area contributed by atoms with Gasteiger partial charge in [-0.2, -0.15) is 5.26 Å². The van der Waals surface area contributed by atoms with Crippen molar-refractivity contribution in [3.8, 4) is 6.07 Å². The third-order valence-corrected chi connectivity index (χ3v) is 10.9. The molecule has 0 amide bonds. The van der Waals surface area contributed by atoms with Crippen LogP contribution >= 0.6 is 0 Å². The van der Waals surface area contributed by atoms with Crippen LogP contribution in [0.15, 0.2) is 36.4 Å². The first kappa shape index (κ1) is 78.0. The second-order valence-electron chi connectivity index (χ2n) is 15.2. The molecule has 0 aromatic carbocycles. The van der Waals surface area contributed by atoms with E-state index in [0.717, 1.165) is 68.3 Å². The smallest absolute Gasteiger partial charge is 2.00 e. The molecule has 0 saturated heterocycles. The van der Waals surface area contributed by atoms with Crippen molar-refractivity contribution >= 4 is 95.2 Å². The maximum atomic E-state index is 7.32. The number of aryl methyl sites for hydroxylation is 12. The first-order valence-corrected chi connectivity index (χ1v) is 20.1. The Morgan fingerprint density at radius 2 is 0.523 bits per heavy atom. The Morgan fingerprint density at radius 1 is 0.400 bits per heavy atom. The van der Waals surface area contributed by atoms with Crippen molar-refractivity contribution in [3.63, 3.8) is 0 Å². The monoisotopic (exact) mass is 1380 g/mol. The maximum absolute atomic E-state index is 7.32. The van der Waals surface area contributed by atoms with Gasteiger partial charge < -0.3 is 113 Å². The fourth-order valence-corrected chi connectivity index (χ4v) is 7.87. The van der Waals surface area contributed by atoms with Gasteiger partial charge in [0.2, 0.25) is 0 Å². The summed E-state index contributed by atoms with van der Waals surface area (Å²) in [5, 5.41) is 35.5. The molecule has 0 aliphatic heterocycles. The van der Waals surface area contributed by atoms with Crippen LogP contribution in [0.4, 0.5) is 0 Å². The average Bonchev–Trinajstić information content (AvgIpc) is 3.97. The summed E-state index contributed by atoms with van der Waals surface area (Å²) < 4.78 is 13.7. The van der Waals surface area contributed by atoms with Gasteiger partial charge in [-0.25, -0.2) is 30.6 Å². The number of hydrogen-bond donors (Lipinski definition) is 0. The minimum Gasteiger partial charge on any atom is -2.00 e. The van der Waals surface area contributed by atoms with Gasteiger partial charge in [-0.1, -0.05) is 0 Å². The number of hydrogen-bond acceptors (Lipinski definition) is 7. The minimum atomic E-state index is -1.26. The summed E-state index contributed by atoms with van der Waals surface area (Å²) in [6.07, 6.45) is 0. The molecule has 65 heavy (non-hydrogen) atoms. The van der Waals surface area contributed by atoms with Gasteiger partial charge in [0.15, 0.2) is 0 Å². The van der Waals surface area contributed by atoms with Crippen molar-refractivity contribution in [1.82, 2.24) is 58.1 Å². The van der Waals surface area contributed by atoms with Crippen LogP contribution in [0.1, 0.15) is 103 Å². The molecule has 14 nitrogen and oxygen atoms in total. The summed E-state index contributed by atoms with van der Waals surface area (Å²) in [4.78, 5) is 0. The maximum Gasteiger partial charge on any atom is 3.00 e. The molecule has 6 heterocycles. The van der Waals surface area contributed by atoms with Gasteiger partial charge in [0.1, 0.15) is 0 Å². The van der Waals surface area contributed by atoms with Crippen LogP contribution in [-0.4, -0.2) is 103 Å². The third-order valence-electron chi connectivity index (χ3n) is 10.9. The zero-order chi connectivity index (χ0) is 42.1. The number of rotatable bonds is 10. The molecule has 0 fully saturated rings. The number of nitriles is 1. The van der Waals surface area contributed by atoms with Crippen LogP contribution < -0.4 is 0 Å². The van der Waals surface area contributed by atoms with Gasteiger partial charge in [-0.3, -0.25) is 0 Å². The predicted octanol–water partition coefficient (Wildman–Crippen LogP) is 5.97. The minimum absolute atomic E-state index is 0. The summed E-state index contributed by atoms with van der Waals surface area (Å²) in [6.45, 7) is 40.2. The molecule has 370 valence electrons. The molecular weight excluding hydrogens is 1320 g/mol. The van der Waals surface area contributed by atoms with Crippen LogP contribution in [0.25, 0.3) is 0 Å². The molecule has 0 spiro atoms. The zero-order valence-corrected chi connectivity index (χ0v) is 52.9. The zero-order valence-electron chi connectivity index (χ0n) is 41.1. The SMILES string of the molecule is CC#N.CC[N+](CC)(CC)CC.Cc1cc(C)n([BH-](n2nc(C)cc2C)n2nc(C)cc2C)n1.Cc1cc(C)n([BH-](n2nc(C)cc2C)n2nc(C)cc2C)n1.[Co+3].[S-2].[S-2].[S-2].[S-2].[S-2].[S-2].[W].[W]. The summed E-state index contributed by atoms with van der Waals surface area (Å²) in [5.41, 5.74) is 12.8. The molecule has 0 atom stereocenters. The first-order chi connectivity index (χ1) is 26.4. The van der Waals surface area contributed by atoms with Crippen LogP contribution in [0, 0.1) is 94.4 Å². The van der Waals surface area contributed by atoms with Crippen molar-refractivity contribution in [3.05, 3.63) is 105 Å². The largest absolute Gasteiger partial charge is 3.00 e. The van der Waals surface area contributed by atoms with E-state index < -0.39 is 14.2 Å². The van der Waals surface area contributed by atoms with Crippen molar-refractivity contribution in [1.29, 1.82) is 5.26 Å². The summed E-state index contributed by atoms with van der Waals surface area (Å²) >= 11 is 0. The van der Waals surface area contributed by atoms with E-state index in [-0.39, 0.29) is 140 Å². The van der Waals surface area contributed by atoms with E-state index >= 15 is 0 Å². The van der Waals surface area contributed by atoms with Crippen LogP contribution in [-0.2, 0) is 140 Å². The summed E-state index contributed by atoms with van der Waals surface area (Å²) in [5.74, 6) is 0. The molecular formula is C40H67B2CoN14S6W2-10. The van der Waals surface area contributed by atoms with Crippen LogP contribution in [0.3, 0.4) is 0 Å². The van der Waals surface area contributed by atoms with Crippen molar-refractivity contribution in [2.24, 2.45) is 0 Å². The molecule has 0 N–H and O–H groups in total. The molecule has 0 bridgehead atoms. The van der Waals surface area contributed by atoms with Gasteiger partial charge >= 0.3 is 31.0 Å². The molecule has 25 heteroatoms. The molecule has 0 aliphatic rings. The van der Waals surface area contributed by atoms with Crippen molar-refractivity contribution < 1.29 is 63.4 Å². The molecule has 6 rings (SSSR count). The van der Waals surface area contributed by atoms with E-state index in [9.17, 15) is 0 Å². The predicted molar refractivity (Wildman–Crippen MR) is 275 cm³/mol. The average molecular weight is 1380 g/mol. The van der Waals surface area contributed by atoms with E-state index in [0.29, 0.717) is 0 Å². The van der Waals surface area contributed by atoms with Crippen molar-refractivity contribution in [2.75, 3.05) is 26.2 Å². The molecule has 0 radical (unpaired) electrons. The summed E-state index contributed by atoms with van der Waals surface area (Å²) in [7, 11) is -2.52. The van der Waals surface area contributed by atoms with E-state index in [4.69, 9.17) is 35.9 Å². The van der Waals surface area contributed by atoms with Crippen LogP contribution in [0.2, 0.25) is 0 Å². The van der Waals surface area contributed by atoms with E-state index in [1.54, 1.807) is 6.07 Å². The third kappa shape index (κ3) is 20.4. The van der Waals surface area contributed by atoms with E-state index in [2.05, 4.69) is 133 Å². The van der Waals surface area contributed by atoms with Crippen LogP contribution in [0.5, 0.6) is 0 Å². The Kier molecular flexibility index (Phi) is 43.0. The standard InChI is InChI=1S/2C15H22BN6.C8H20N.C2H3N.Co.6S.2W/c2*1-10-7-13(4)20(17-10)16(21-14(5)8-11(2)18-21)22-15(6)9-12(3)19-22;1-5-9(6-2,7-3)8-4;1-2-3;;;;;;;;;/h2*7-9,16H,1-6H3;5-8H2,1-4H3;1H3;;;;;;;;;/q2*-1;+1;;+3;6*-2;;. The van der Waals surface area contributed by atoms with Gasteiger partial charge in [-0.05, 0) is 181 Å². The quantitative estimate of drug-likeness (QED) is 0.122. The molecule has 6 aromatic heterocycles. The Bertz CT molecular complexity index is 1870. The number of aromatic nitrogens is 12. The van der Waals surface area contributed by atoms with Crippen molar-refractivity contribution in [2.45, 2.75) is 118 Å². The number of nitrogens with zero attached hydrogens (tertiary/aromatic N) is 14. The fraction of sp³-hybridized carbons (Fsp3) is 0.525. The van der Waals surface area contributed by atoms with E-state index in [1.807, 2.05) is 41.5 Å². The normalized spacial score (nSPS) is 9.63. The Labute approximate surface area is 472 Å². The van der Waals surface area contributed by atoms with Gasteiger partial charge in [0.05, 0.1) is 66.4 Å². The van der Waals surface area contributed by atoms with Gasteiger partial charge in [0.25, 0.3) is 0 Å². The topological polar surface area (TPSA) is 131 Å². The molecule has 0 aliphatic carbocycles. The Hall–Kier alpha value is -1.18. The fourth-order valence-electron chi connectivity index (χ4n) is 7.87. The second kappa shape index (κ2) is 35.9. The number of quaternary nitrogens is 1. The van der Waals surface area contributed by atoms with E-state index in [1.165, 1.54) is 37.6 Å². The molecule has 0 unspecified atom stereocenters. The molecule has 6 aromatic rings.